The highest BCUT2D eigenvalue weighted by Gasteiger charge is 2.26. The fourth-order valence-electron chi connectivity index (χ4n) is 1.44. The number of rotatable bonds is 3. The van der Waals surface area contributed by atoms with E-state index in [0.717, 1.165) is 0 Å². The normalized spacial score (nSPS) is 12.7. The minimum absolute atomic E-state index is 0.139. The van der Waals surface area contributed by atoms with Crippen LogP contribution in [0.25, 0.3) is 0 Å². The maximum atomic E-state index is 11.9. The largest absolute Gasteiger partial charge is 0.444 e. The van der Waals surface area contributed by atoms with E-state index in [2.05, 4.69) is 4.98 Å². The fraction of sp³-hybridized carbons (Fsp3) is 0.462. The first kappa shape index (κ1) is 16.7. The maximum Gasteiger partial charge on any atom is 0.410 e. The Kier molecular flexibility index (Phi) is 5.36. The van der Waals surface area contributed by atoms with Gasteiger partial charge < -0.3 is 9.53 Å². The summed E-state index contributed by atoms with van der Waals surface area (Å²) in [4.78, 5) is 28.2. The van der Waals surface area contributed by atoms with Gasteiger partial charge in [0.15, 0.2) is 0 Å². The Morgan fingerprint density at radius 3 is 2.50 bits per heavy atom. The summed E-state index contributed by atoms with van der Waals surface area (Å²) in [6, 6.07) is 0.656. The van der Waals surface area contributed by atoms with E-state index in [1.54, 1.807) is 20.8 Å². The smallest absolute Gasteiger partial charge is 0.410 e. The van der Waals surface area contributed by atoms with Gasteiger partial charge in [0.2, 0.25) is 0 Å². The molecule has 0 saturated heterocycles. The number of nitrogens with zero attached hydrogens (tertiary/aromatic N) is 2. The van der Waals surface area contributed by atoms with E-state index in [1.807, 2.05) is 0 Å². The third-order valence-corrected chi connectivity index (χ3v) is 3.07. The topological polar surface area (TPSA) is 59.5 Å². The van der Waals surface area contributed by atoms with Gasteiger partial charge in [0.05, 0.1) is 5.02 Å². The number of hydrogen-bond acceptors (Lipinski definition) is 4. The molecule has 1 atom stereocenters. The van der Waals surface area contributed by atoms with Crippen LogP contribution in [-0.4, -0.2) is 34.9 Å². The van der Waals surface area contributed by atoms with E-state index in [9.17, 15) is 9.59 Å². The van der Waals surface area contributed by atoms with Crippen molar-refractivity contribution in [3.8, 4) is 0 Å². The molecule has 1 unspecified atom stereocenters. The molecule has 5 nitrogen and oxygen atoms in total. The first-order valence-corrected chi connectivity index (χ1v) is 6.63. The number of amides is 1. The number of carbonyl (C=O) groups excluding carboxylic acids is 2. The molecular formula is C13H16Cl2N2O3. The molecule has 0 radical (unpaired) electrons. The van der Waals surface area contributed by atoms with Crippen LogP contribution in [0, 0.1) is 0 Å². The van der Waals surface area contributed by atoms with Crippen molar-refractivity contribution < 1.29 is 14.3 Å². The third kappa shape index (κ3) is 4.35. The van der Waals surface area contributed by atoms with Crippen LogP contribution in [0.1, 0.15) is 32.4 Å². The van der Waals surface area contributed by atoms with E-state index < -0.39 is 17.7 Å². The number of likely N-dealkylation sites (N-methyl/N-ethyl adjacent to an activating group) is 1. The summed E-state index contributed by atoms with van der Waals surface area (Å²) in [6.07, 6.45) is 1.40. The van der Waals surface area contributed by atoms with Crippen molar-refractivity contribution in [3.63, 3.8) is 0 Å². The van der Waals surface area contributed by atoms with Crippen molar-refractivity contribution in [2.24, 2.45) is 0 Å². The quantitative estimate of drug-likeness (QED) is 0.632. The lowest BCUT2D eigenvalue weighted by atomic mass is 10.1. The summed E-state index contributed by atoms with van der Waals surface area (Å²) in [5.41, 5.74) is -0.183. The molecule has 0 aliphatic carbocycles. The summed E-state index contributed by atoms with van der Waals surface area (Å²) in [7, 11) is 1.47. The van der Waals surface area contributed by atoms with Crippen molar-refractivity contribution in [1.29, 1.82) is 0 Å². The molecular weight excluding hydrogens is 303 g/mol. The molecule has 1 amide bonds. The molecule has 0 spiro atoms. The van der Waals surface area contributed by atoms with Crippen LogP contribution in [0.15, 0.2) is 12.3 Å². The molecule has 1 aromatic heterocycles. The van der Waals surface area contributed by atoms with Crippen molar-refractivity contribution in [1.82, 2.24) is 9.88 Å². The van der Waals surface area contributed by atoms with Gasteiger partial charge in [-0.2, -0.15) is 0 Å². The van der Waals surface area contributed by atoms with Gasteiger partial charge in [-0.05, 0) is 26.8 Å². The summed E-state index contributed by atoms with van der Waals surface area (Å²) >= 11 is 11.6. The van der Waals surface area contributed by atoms with Crippen LogP contribution >= 0.6 is 23.2 Å². The molecule has 7 heteroatoms. The zero-order chi connectivity index (χ0) is 15.5. The minimum Gasteiger partial charge on any atom is -0.444 e. The average molecular weight is 319 g/mol. The van der Waals surface area contributed by atoms with Crippen molar-refractivity contribution in [3.05, 3.63) is 28.0 Å². The predicted molar refractivity (Wildman–Crippen MR) is 77.1 cm³/mol. The summed E-state index contributed by atoms with van der Waals surface area (Å²) < 4.78 is 5.21. The summed E-state index contributed by atoms with van der Waals surface area (Å²) in [6.45, 7) is 5.24. The van der Waals surface area contributed by atoms with Crippen LogP contribution in [0.2, 0.25) is 10.2 Å². The number of aldehydes is 1. The Hall–Kier alpha value is -1.33. The van der Waals surface area contributed by atoms with Crippen LogP contribution in [0.3, 0.4) is 0 Å². The molecule has 1 rings (SSSR count). The van der Waals surface area contributed by atoms with Crippen LogP contribution in [-0.2, 0) is 9.53 Å². The van der Waals surface area contributed by atoms with Crippen LogP contribution < -0.4 is 0 Å². The van der Waals surface area contributed by atoms with E-state index in [0.29, 0.717) is 11.8 Å². The van der Waals surface area contributed by atoms with E-state index in [1.165, 1.54) is 24.2 Å². The van der Waals surface area contributed by atoms with E-state index in [4.69, 9.17) is 27.9 Å². The lowest BCUT2D eigenvalue weighted by molar-refractivity contribution is -0.112. The summed E-state index contributed by atoms with van der Waals surface area (Å²) in [5.74, 6) is 0. The molecule has 0 aliphatic rings. The Morgan fingerprint density at radius 2 is 2.05 bits per heavy atom. The Labute approximate surface area is 127 Å². The van der Waals surface area contributed by atoms with Crippen molar-refractivity contribution in [2.45, 2.75) is 32.4 Å². The highest BCUT2D eigenvalue weighted by molar-refractivity contribution is 6.41. The summed E-state index contributed by atoms with van der Waals surface area (Å²) in [5, 5.41) is 0.355. The second-order valence-corrected chi connectivity index (χ2v) is 5.98. The molecule has 0 fully saturated rings. The maximum absolute atomic E-state index is 11.9. The number of aromatic nitrogens is 1. The molecule has 1 heterocycles. The molecule has 110 valence electrons. The van der Waals surface area contributed by atoms with Gasteiger partial charge in [0, 0.05) is 18.8 Å². The second-order valence-electron chi connectivity index (χ2n) is 5.21. The van der Waals surface area contributed by atoms with Gasteiger partial charge in [0.1, 0.15) is 23.1 Å². The first-order valence-electron chi connectivity index (χ1n) is 5.87. The molecule has 0 aromatic carbocycles. The zero-order valence-corrected chi connectivity index (χ0v) is 13.2. The van der Waals surface area contributed by atoms with E-state index in [-0.39, 0.29) is 10.2 Å². The number of pyridine rings is 1. The standard InChI is InChI=1S/C13H16Cl2N2O3/c1-13(2,3)20-12(19)17(4)10(7-18)8-5-9(14)11(15)16-6-8/h5-7,10H,1-4H3. The van der Waals surface area contributed by atoms with Gasteiger partial charge in [0.25, 0.3) is 0 Å². The van der Waals surface area contributed by atoms with Crippen LogP contribution in [0.4, 0.5) is 4.79 Å². The molecule has 0 N–H and O–H groups in total. The highest BCUT2D eigenvalue weighted by Crippen LogP contribution is 2.25. The van der Waals surface area contributed by atoms with Crippen LogP contribution in [0.5, 0.6) is 0 Å². The lowest BCUT2D eigenvalue weighted by Gasteiger charge is -2.28. The Bertz CT molecular complexity index is 515. The third-order valence-electron chi connectivity index (χ3n) is 2.39. The monoisotopic (exact) mass is 318 g/mol. The molecule has 0 aliphatic heterocycles. The highest BCUT2D eigenvalue weighted by atomic mass is 35.5. The number of ether oxygens (including phenoxy) is 1. The van der Waals surface area contributed by atoms with Gasteiger partial charge >= 0.3 is 6.09 Å². The average Bonchev–Trinajstić information content (AvgIpc) is 2.32. The number of halogens is 2. The second kappa shape index (κ2) is 6.41. The Balaban J connectivity index is 2.97. The Morgan fingerprint density at radius 1 is 1.45 bits per heavy atom. The fourth-order valence-corrected chi connectivity index (χ4v) is 1.72. The number of hydrogen-bond donors (Lipinski definition) is 0. The van der Waals surface area contributed by atoms with Crippen molar-refractivity contribution in [2.75, 3.05) is 7.05 Å². The molecule has 0 bridgehead atoms. The SMILES string of the molecule is CN(C(=O)OC(C)(C)C)C(C=O)c1cnc(Cl)c(Cl)c1. The van der Waals surface area contributed by atoms with Gasteiger partial charge in [-0.25, -0.2) is 9.78 Å². The van der Waals surface area contributed by atoms with E-state index >= 15 is 0 Å². The lowest BCUT2D eigenvalue weighted by Crippen LogP contribution is -2.37. The first-order chi connectivity index (χ1) is 9.15. The predicted octanol–water partition coefficient (Wildman–Crippen LogP) is 3.50. The molecule has 1 aromatic rings. The van der Waals surface area contributed by atoms with Crippen molar-refractivity contribution >= 4 is 35.6 Å². The van der Waals surface area contributed by atoms with Gasteiger partial charge in [-0.15, -0.1) is 0 Å². The molecule has 20 heavy (non-hydrogen) atoms. The zero-order valence-electron chi connectivity index (χ0n) is 11.7. The number of carbonyl (C=O) groups is 2. The van der Waals surface area contributed by atoms with Gasteiger partial charge in [-0.1, -0.05) is 23.2 Å². The van der Waals surface area contributed by atoms with Gasteiger partial charge in [-0.3, -0.25) is 4.90 Å². The molecule has 0 saturated carbocycles. The minimum atomic E-state index is -0.841.